The number of nitrogen functional groups attached to an aromatic ring is 1. The van der Waals surface area contributed by atoms with Crippen LogP contribution in [0.2, 0.25) is 0 Å². The summed E-state index contributed by atoms with van der Waals surface area (Å²) in [6, 6.07) is 7.77. The smallest absolute Gasteiger partial charge is 0.0669 e. The molecule has 0 radical (unpaired) electrons. The summed E-state index contributed by atoms with van der Waals surface area (Å²) in [5.41, 5.74) is 8.47. The third kappa shape index (κ3) is 2.12. The number of nitriles is 1. The van der Waals surface area contributed by atoms with Gasteiger partial charge in [-0.1, -0.05) is 6.07 Å². The Morgan fingerprint density at radius 1 is 1.46 bits per heavy atom. The van der Waals surface area contributed by atoms with Crippen LogP contribution in [0, 0.1) is 11.3 Å². The number of anilines is 2. The molecule has 68 valence electrons. The number of rotatable bonds is 2. The van der Waals surface area contributed by atoms with Gasteiger partial charge >= 0.3 is 0 Å². The Morgan fingerprint density at radius 2 is 2.15 bits per heavy atom. The van der Waals surface area contributed by atoms with Crippen LogP contribution in [0.1, 0.15) is 5.56 Å². The van der Waals surface area contributed by atoms with Gasteiger partial charge in [0.2, 0.25) is 0 Å². The van der Waals surface area contributed by atoms with E-state index < -0.39 is 0 Å². The molecule has 2 N–H and O–H groups in total. The van der Waals surface area contributed by atoms with E-state index in [9.17, 15) is 0 Å². The summed E-state index contributed by atoms with van der Waals surface area (Å²) in [4.78, 5) is 1.94. The zero-order valence-corrected chi connectivity index (χ0v) is 7.91. The van der Waals surface area contributed by atoms with Crippen molar-refractivity contribution in [2.45, 2.75) is 6.42 Å². The van der Waals surface area contributed by atoms with Crippen molar-refractivity contribution in [3.05, 3.63) is 23.8 Å². The molecule has 1 aromatic carbocycles. The van der Waals surface area contributed by atoms with Crippen molar-refractivity contribution in [2.75, 3.05) is 24.7 Å². The van der Waals surface area contributed by atoms with Crippen LogP contribution >= 0.6 is 0 Å². The van der Waals surface area contributed by atoms with Crippen molar-refractivity contribution in [3.63, 3.8) is 0 Å². The molecule has 0 unspecified atom stereocenters. The summed E-state index contributed by atoms with van der Waals surface area (Å²) in [6.45, 7) is 0. The van der Waals surface area contributed by atoms with E-state index in [1.807, 2.05) is 37.2 Å². The number of nitrogens with zero attached hydrogens (tertiary/aromatic N) is 2. The van der Waals surface area contributed by atoms with Crippen molar-refractivity contribution < 1.29 is 0 Å². The molecule has 1 rings (SSSR count). The average molecular weight is 175 g/mol. The predicted molar refractivity (Wildman–Crippen MR) is 54.5 cm³/mol. The Bertz CT molecular complexity index is 337. The molecule has 0 bridgehead atoms. The number of nitrogens with two attached hydrogens (primary N) is 1. The Labute approximate surface area is 78.4 Å². The Morgan fingerprint density at radius 3 is 2.69 bits per heavy atom. The zero-order valence-electron chi connectivity index (χ0n) is 7.91. The van der Waals surface area contributed by atoms with E-state index in [1.165, 1.54) is 0 Å². The Balaban J connectivity index is 3.05. The van der Waals surface area contributed by atoms with Crippen molar-refractivity contribution in [2.24, 2.45) is 0 Å². The van der Waals surface area contributed by atoms with Crippen LogP contribution in [0.4, 0.5) is 11.4 Å². The molecule has 0 aromatic heterocycles. The van der Waals surface area contributed by atoms with E-state index in [1.54, 1.807) is 0 Å². The van der Waals surface area contributed by atoms with Gasteiger partial charge in [0, 0.05) is 14.1 Å². The van der Waals surface area contributed by atoms with Crippen LogP contribution < -0.4 is 10.6 Å². The van der Waals surface area contributed by atoms with E-state index in [0.29, 0.717) is 6.42 Å². The zero-order chi connectivity index (χ0) is 9.84. The largest absolute Gasteiger partial charge is 0.397 e. The molecule has 0 saturated carbocycles. The first-order chi connectivity index (χ1) is 6.15. The van der Waals surface area contributed by atoms with Crippen LogP contribution in [0.3, 0.4) is 0 Å². The molecule has 0 saturated heterocycles. The molecule has 0 amide bonds. The van der Waals surface area contributed by atoms with Crippen molar-refractivity contribution in [3.8, 4) is 6.07 Å². The summed E-state index contributed by atoms with van der Waals surface area (Å²) in [6.07, 6.45) is 0.432. The lowest BCUT2D eigenvalue weighted by Gasteiger charge is -2.15. The lowest BCUT2D eigenvalue weighted by Crippen LogP contribution is -2.11. The second-order valence-electron chi connectivity index (χ2n) is 3.12. The molecule has 0 aliphatic carbocycles. The van der Waals surface area contributed by atoms with Gasteiger partial charge in [0.15, 0.2) is 0 Å². The molecule has 13 heavy (non-hydrogen) atoms. The second kappa shape index (κ2) is 3.81. The third-order valence-corrected chi connectivity index (χ3v) is 1.86. The van der Waals surface area contributed by atoms with E-state index in [0.717, 1.165) is 16.9 Å². The standard InChI is InChI=1S/C10H13N3/c1-13(2)10-7-8(5-6-11)3-4-9(10)12/h3-4,7H,5,12H2,1-2H3. The lowest BCUT2D eigenvalue weighted by molar-refractivity contribution is 1.12. The first-order valence-corrected chi connectivity index (χ1v) is 4.08. The van der Waals surface area contributed by atoms with Crippen LogP contribution in [0.15, 0.2) is 18.2 Å². The maximum absolute atomic E-state index is 8.52. The molecule has 1 aromatic rings. The monoisotopic (exact) mass is 175 g/mol. The van der Waals surface area contributed by atoms with Crippen molar-refractivity contribution in [1.29, 1.82) is 5.26 Å². The molecule has 0 aliphatic rings. The third-order valence-electron chi connectivity index (χ3n) is 1.86. The van der Waals surface area contributed by atoms with Crippen LogP contribution in [-0.4, -0.2) is 14.1 Å². The molecular formula is C10H13N3. The molecule has 3 nitrogen and oxygen atoms in total. The van der Waals surface area contributed by atoms with Gasteiger partial charge in [-0.2, -0.15) is 5.26 Å². The average Bonchev–Trinajstić information content (AvgIpc) is 2.08. The summed E-state index contributed by atoms with van der Waals surface area (Å²) < 4.78 is 0. The summed E-state index contributed by atoms with van der Waals surface area (Å²) in [5, 5.41) is 8.52. The first kappa shape index (κ1) is 9.40. The number of hydrogen-bond donors (Lipinski definition) is 1. The fraction of sp³-hybridized carbons (Fsp3) is 0.300. The molecule has 0 atom stereocenters. The molecular weight excluding hydrogens is 162 g/mol. The van der Waals surface area contributed by atoms with Gasteiger partial charge in [-0.25, -0.2) is 0 Å². The quantitative estimate of drug-likeness (QED) is 0.691. The van der Waals surface area contributed by atoms with Crippen molar-refractivity contribution in [1.82, 2.24) is 0 Å². The van der Waals surface area contributed by atoms with Crippen LogP contribution in [0.25, 0.3) is 0 Å². The highest BCUT2D eigenvalue weighted by Gasteiger charge is 2.02. The van der Waals surface area contributed by atoms with Crippen LogP contribution in [-0.2, 0) is 6.42 Å². The molecule has 0 fully saturated rings. The summed E-state index contributed by atoms with van der Waals surface area (Å²) in [7, 11) is 3.86. The minimum Gasteiger partial charge on any atom is -0.397 e. The van der Waals surface area contributed by atoms with Gasteiger partial charge in [-0.15, -0.1) is 0 Å². The molecule has 0 spiro atoms. The number of hydrogen-bond acceptors (Lipinski definition) is 3. The highest BCUT2D eigenvalue weighted by Crippen LogP contribution is 2.22. The van der Waals surface area contributed by atoms with E-state index in [4.69, 9.17) is 11.0 Å². The molecule has 3 heteroatoms. The normalized spacial score (nSPS) is 9.31. The minimum absolute atomic E-state index is 0.432. The first-order valence-electron chi connectivity index (χ1n) is 4.08. The molecule has 0 heterocycles. The van der Waals surface area contributed by atoms with E-state index in [2.05, 4.69) is 6.07 Å². The van der Waals surface area contributed by atoms with Gasteiger partial charge in [0.1, 0.15) is 0 Å². The van der Waals surface area contributed by atoms with Crippen molar-refractivity contribution >= 4 is 11.4 Å². The summed E-state index contributed by atoms with van der Waals surface area (Å²) in [5.74, 6) is 0. The number of benzene rings is 1. The van der Waals surface area contributed by atoms with Gasteiger partial charge in [-0.05, 0) is 17.7 Å². The van der Waals surface area contributed by atoms with E-state index in [-0.39, 0.29) is 0 Å². The SMILES string of the molecule is CN(C)c1cc(CC#N)ccc1N. The van der Waals surface area contributed by atoms with E-state index >= 15 is 0 Å². The highest BCUT2D eigenvalue weighted by molar-refractivity contribution is 5.68. The topological polar surface area (TPSA) is 53.0 Å². The van der Waals surface area contributed by atoms with Crippen LogP contribution in [0.5, 0.6) is 0 Å². The minimum atomic E-state index is 0.432. The molecule has 0 aliphatic heterocycles. The maximum atomic E-state index is 8.52. The Kier molecular flexibility index (Phi) is 2.76. The fourth-order valence-electron chi connectivity index (χ4n) is 1.18. The van der Waals surface area contributed by atoms with Gasteiger partial charge in [0.05, 0.1) is 23.9 Å². The van der Waals surface area contributed by atoms with Gasteiger partial charge < -0.3 is 10.6 Å². The fourth-order valence-corrected chi connectivity index (χ4v) is 1.18. The summed E-state index contributed by atoms with van der Waals surface area (Å²) >= 11 is 0. The Hall–Kier alpha value is -1.69. The second-order valence-corrected chi connectivity index (χ2v) is 3.12. The van der Waals surface area contributed by atoms with Gasteiger partial charge in [0.25, 0.3) is 0 Å². The predicted octanol–water partition coefficient (Wildman–Crippen LogP) is 1.40. The lowest BCUT2D eigenvalue weighted by atomic mass is 10.1. The maximum Gasteiger partial charge on any atom is 0.0669 e. The highest BCUT2D eigenvalue weighted by atomic mass is 15.1. The van der Waals surface area contributed by atoms with Gasteiger partial charge in [-0.3, -0.25) is 0 Å².